The summed E-state index contributed by atoms with van der Waals surface area (Å²) in [4.78, 5) is 10.7. The number of benzene rings is 1. The molecule has 0 saturated carbocycles. The lowest BCUT2D eigenvalue weighted by Gasteiger charge is -2.07. The lowest BCUT2D eigenvalue weighted by Crippen LogP contribution is -2.46. The second kappa shape index (κ2) is 4.56. The molecule has 0 aromatic heterocycles. The topological polar surface area (TPSA) is 121 Å². The third kappa shape index (κ3) is 3.07. The highest BCUT2D eigenvalue weighted by Crippen LogP contribution is 2.05. The zero-order valence-corrected chi connectivity index (χ0v) is 8.31. The third-order valence-electron chi connectivity index (χ3n) is 2.11. The molecule has 5 heteroatoms. The minimum absolute atomic E-state index is 0.265. The van der Waals surface area contributed by atoms with Crippen LogP contribution in [0.1, 0.15) is 11.1 Å². The Morgan fingerprint density at radius 2 is 1.80 bits per heavy atom. The molecule has 0 unspecified atom stereocenters. The van der Waals surface area contributed by atoms with Gasteiger partial charge in [0.05, 0.1) is 11.6 Å². The van der Waals surface area contributed by atoms with Gasteiger partial charge < -0.3 is 11.5 Å². The maximum Gasteiger partial charge on any atom is 0.270 e. The molecule has 1 rings (SSSR count). The average molecular weight is 207 g/mol. The Morgan fingerprint density at radius 3 is 2.20 bits per heavy atom. The van der Waals surface area contributed by atoms with Crippen LogP contribution in [0.25, 0.3) is 0 Å². The standard InChI is InChI=1S/C10H14N4O/c11-8(10(14)15)5-6-1-3-7(4-2-6)9(12)13/h1-4,8H,5,11H2,(H3,12,13)(H2,14,15)/p+1/t8-/m0/s1. The average Bonchev–Trinajstić information content (AvgIpc) is 2.18. The minimum Gasteiger partial charge on any atom is -0.368 e. The molecule has 1 amide bonds. The number of hydrogen-bond donors (Lipinski definition) is 4. The van der Waals surface area contributed by atoms with Crippen LogP contribution in [-0.2, 0) is 11.2 Å². The number of hydrogen-bond acceptors (Lipinski definition) is 2. The lowest BCUT2D eigenvalue weighted by atomic mass is 10.0. The second-order valence-electron chi connectivity index (χ2n) is 3.37. The monoisotopic (exact) mass is 207 g/mol. The number of carbonyl (C=O) groups excluding carboxylic acids is 1. The Labute approximate surface area is 87.8 Å². The second-order valence-corrected chi connectivity index (χ2v) is 3.37. The molecule has 80 valence electrons. The molecule has 0 heterocycles. The Balaban J connectivity index is 2.72. The lowest BCUT2D eigenvalue weighted by molar-refractivity contribution is -0.119. The molecule has 0 bridgehead atoms. The summed E-state index contributed by atoms with van der Waals surface area (Å²) in [7, 11) is 0. The predicted molar refractivity (Wildman–Crippen MR) is 57.5 cm³/mol. The Morgan fingerprint density at radius 1 is 1.27 bits per heavy atom. The highest BCUT2D eigenvalue weighted by atomic mass is 16.1. The molecular formula is C10H15N4O+. The normalized spacial score (nSPS) is 12.1. The maximum absolute atomic E-state index is 10.7. The fourth-order valence-electron chi connectivity index (χ4n) is 1.19. The van der Waals surface area contributed by atoms with Crippen molar-refractivity contribution >= 4 is 11.7 Å². The van der Waals surface area contributed by atoms with Crippen molar-refractivity contribution < 1.29 is 10.2 Å². The first-order valence-electron chi connectivity index (χ1n) is 4.53. The highest BCUT2D eigenvalue weighted by molar-refractivity contribution is 5.92. The van der Waals surface area contributed by atoms with Gasteiger partial charge in [-0.1, -0.05) is 12.1 Å². The zero-order valence-electron chi connectivity index (χ0n) is 8.31. The van der Waals surface area contributed by atoms with E-state index in [0.29, 0.717) is 6.42 Å². The van der Waals surface area contributed by atoms with Gasteiger partial charge >= 0.3 is 0 Å². The van der Waals surface area contributed by atoms with Gasteiger partial charge in [0.25, 0.3) is 5.84 Å². The predicted octanol–water partition coefficient (Wildman–Crippen LogP) is -2.49. The van der Waals surface area contributed by atoms with Crippen LogP contribution in [0, 0.1) is 0 Å². The molecule has 1 aromatic carbocycles. The smallest absolute Gasteiger partial charge is 0.270 e. The summed E-state index contributed by atoms with van der Waals surface area (Å²) in [5, 5.41) is 5.41. The van der Waals surface area contributed by atoms with Crippen molar-refractivity contribution in [1.29, 1.82) is 0 Å². The first-order valence-corrected chi connectivity index (χ1v) is 4.53. The van der Waals surface area contributed by atoms with Gasteiger partial charge in [-0.2, -0.15) is 0 Å². The van der Waals surface area contributed by atoms with Crippen molar-refractivity contribution in [3.05, 3.63) is 35.4 Å². The molecular weight excluding hydrogens is 192 g/mol. The van der Waals surface area contributed by atoms with E-state index in [0.717, 1.165) is 11.1 Å². The number of rotatable bonds is 4. The number of carbonyl (C=O) groups is 1. The van der Waals surface area contributed by atoms with Crippen LogP contribution in [-0.4, -0.2) is 17.8 Å². The molecule has 0 aliphatic heterocycles. The Bertz CT molecular complexity index is 372. The maximum atomic E-state index is 10.7. The molecule has 0 aliphatic carbocycles. The first-order chi connectivity index (χ1) is 7.00. The van der Waals surface area contributed by atoms with E-state index in [-0.39, 0.29) is 5.84 Å². The van der Waals surface area contributed by atoms with E-state index in [2.05, 4.69) is 0 Å². The van der Waals surface area contributed by atoms with Gasteiger partial charge in [-0.15, -0.1) is 0 Å². The summed E-state index contributed by atoms with van der Waals surface area (Å²) in [5.41, 5.74) is 17.7. The van der Waals surface area contributed by atoms with Gasteiger partial charge in [0, 0.05) is 0 Å². The van der Waals surface area contributed by atoms with Crippen LogP contribution < -0.4 is 22.6 Å². The summed E-state index contributed by atoms with van der Waals surface area (Å²) >= 11 is 0. The van der Waals surface area contributed by atoms with E-state index in [4.69, 9.17) is 22.6 Å². The van der Waals surface area contributed by atoms with Crippen LogP contribution in [0.15, 0.2) is 24.3 Å². The number of amides is 1. The van der Waals surface area contributed by atoms with Crippen molar-refractivity contribution in [3.8, 4) is 0 Å². The molecule has 0 spiro atoms. The van der Waals surface area contributed by atoms with E-state index in [1.54, 1.807) is 12.1 Å². The molecule has 8 N–H and O–H groups in total. The summed E-state index contributed by atoms with van der Waals surface area (Å²) in [6.45, 7) is 0. The van der Waals surface area contributed by atoms with Crippen LogP contribution >= 0.6 is 0 Å². The molecule has 0 radical (unpaired) electrons. The van der Waals surface area contributed by atoms with Crippen LogP contribution in [0.2, 0.25) is 0 Å². The zero-order chi connectivity index (χ0) is 11.4. The molecule has 1 atom stereocenters. The quantitative estimate of drug-likeness (QED) is 0.323. The summed E-state index contributed by atoms with van der Waals surface area (Å²) in [6, 6.07) is 6.53. The molecule has 0 fully saturated rings. The summed E-state index contributed by atoms with van der Waals surface area (Å²) in [6.07, 6.45) is 0.417. The Kier molecular flexibility index (Phi) is 3.41. The van der Waals surface area contributed by atoms with Crippen LogP contribution in [0.5, 0.6) is 0 Å². The fraction of sp³-hybridized carbons (Fsp3) is 0.200. The largest absolute Gasteiger partial charge is 0.368 e. The van der Waals surface area contributed by atoms with Crippen molar-refractivity contribution in [2.24, 2.45) is 17.2 Å². The minimum atomic E-state index is -0.657. The van der Waals surface area contributed by atoms with Crippen molar-refractivity contribution in [2.75, 3.05) is 0 Å². The number of primary amides is 1. The van der Waals surface area contributed by atoms with Crippen molar-refractivity contribution in [3.63, 3.8) is 0 Å². The van der Waals surface area contributed by atoms with Gasteiger partial charge in [-0.05, 0) is 24.1 Å². The first kappa shape index (κ1) is 11.2. The van der Waals surface area contributed by atoms with E-state index in [1.165, 1.54) is 0 Å². The van der Waals surface area contributed by atoms with E-state index in [9.17, 15) is 4.79 Å². The van der Waals surface area contributed by atoms with Crippen LogP contribution in [0.3, 0.4) is 0 Å². The molecule has 15 heavy (non-hydrogen) atoms. The van der Waals surface area contributed by atoms with E-state index >= 15 is 0 Å². The number of amidine groups is 1. The van der Waals surface area contributed by atoms with Crippen LogP contribution in [0.4, 0.5) is 0 Å². The molecule has 0 saturated heterocycles. The van der Waals surface area contributed by atoms with E-state index < -0.39 is 11.9 Å². The van der Waals surface area contributed by atoms with Gasteiger partial charge in [-0.25, -0.2) is 0 Å². The van der Waals surface area contributed by atoms with Crippen molar-refractivity contribution in [2.45, 2.75) is 12.5 Å². The SMILES string of the molecule is NC(=[NH2+])c1ccc(C[C@H](N)C(N)=O)cc1. The number of nitrogens with two attached hydrogens (primary N) is 4. The van der Waals surface area contributed by atoms with E-state index in [1.807, 2.05) is 12.1 Å². The summed E-state index contributed by atoms with van der Waals surface area (Å²) in [5.74, 6) is -0.246. The summed E-state index contributed by atoms with van der Waals surface area (Å²) < 4.78 is 0. The molecule has 0 aliphatic rings. The molecule has 5 nitrogen and oxygen atoms in total. The van der Waals surface area contributed by atoms with Gasteiger partial charge in [0.1, 0.15) is 0 Å². The van der Waals surface area contributed by atoms with Crippen molar-refractivity contribution in [1.82, 2.24) is 0 Å². The Hall–Kier alpha value is -1.88. The molecule has 1 aromatic rings. The highest BCUT2D eigenvalue weighted by Gasteiger charge is 2.10. The van der Waals surface area contributed by atoms with Gasteiger partial charge in [0.15, 0.2) is 0 Å². The van der Waals surface area contributed by atoms with Gasteiger partial charge in [-0.3, -0.25) is 15.9 Å². The van der Waals surface area contributed by atoms with Gasteiger partial charge in [0.2, 0.25) is 5.91 Å². The third-order valence-corrected chi connectivity index (χ3v) is 2.11. The fourth-order valence-corrected chi connectivity index (χ4v) is 1.19.